The molecule has 3 heteroatoms. The van der Waals surface area contributed by atoms with Crippen LogP contribution >= 0.6 is 11.3 Å². The van der Waals surface area contributed by atoms with Gasteiger partial charge < -0.3 is 9.47 Å². The molecule has 0 radical (unpaired) electrons. The summed E-state index contributed by atoms with van der Waals surface area (Å²) in [5.74, 6) is 0. The van der Waals surface area contributed by atoms with Crippen molar-refractivity contribution in [2.24, 2.45) is 0 Å². The molecule has 0 unspecified atom stereocenters. The number of hydrogen-bond acceptors (Lipinski definition) is 2. The number of aromatic nitrogens is 1. The fourth-order valence-electron chi connectivity index (χ4n) is 9.21. The van der Waals surface area contributed by atoms with Crippen molar-refractivity contribution in [2.45, 2.75) is 0 Å². The molecule has 2 heterocycles. The lowest BCUT2D eigenvalue weighted by Crippen LogP contribution is -2.11. The molecule has 286 valence electrons. The van der Waals surface area contributed by atoms with Crippen molar-refractivity contribution in [3.05, 3.63) is 231 Å². The van der Waals surface area contributed by atoms with Crippen molar-refractivity contribution < 1.29 is 0 Å². The van der Waals surface area contributed by atoms with E-state index in [1.54, 1.807) is 0 Å². The summed E-state index contributed by atoms with van der Waals surface area (Å²) in [5, 5.41) is 7.66. The topological polar surface area (TPSA) is 8.17 Å². The zero-order valence-electron chi connectivity index (χ0n) is 33.2. The molecular formula is C58H38N2S. The van der Waals surface area contributed by atoms with E-state index in [-0.39, 0.29) is 0 Å². The molecule has 0 bridgehead atoms. The highest BCUT2D eigenvalue weighted by molar-refractivity contribution is 7.25. The molecule has 0 saturated heterocycles. The predicted octanol–water partition coefficient (Wildman–Crippen LogP) is 16.8. The number of nitrogens with zero attached hydrogens (tertiary/aromatic N) is 2. The Bertz CT molecular complexity index is 3520. The van der Waals surface area contributed by atoms with E-state index in [1.165, 1.54) is 86.1 Å². The maximum Gasteiger partial charge on any atom is 0.0541 e. The third-order valence-electron chi connectivity index (χ3n) is 12.2. The molecule has 2 aromatic heterocycles. The molecule has 0 fully saturated rings. The van der Waals surface area contributed by atoms with Crippen LogP contribution in [0.15, 0.2) is 231 Å². The summed E-state index contributed by atoms with van der Waals surface area (Å²) in [7, 11) is 0. The summed E-state index contributed by atoms with van der Waals surface area (Å²) in [5.41, 5.74) is 14.0. The fourth-order valence-corrected chi connectivity index (χ4v) is 10.4. The molecule has 61 heavy (non-hydrogen) atoms. The van der Waals surface area contributed by atoms with Gasteiger partial charge in [0.2, 0.25) is 0 Å². The first-order valence-electron chi connectivity index (χ1n) is 20.8. The van der Waals surface area contributed by atoms with E-state index in [9.17, 15) is 0 Å². The summed E-state index contributed by atoms with van der Waals surface area (Å²) < 4.78 is 5.00. The minimum absolute atomic E-state index is 1.09. The van der Waals surface area contributed by atoms with Crippen molar-refractivity contribution in [2.75, 3.05) is 4.90 Å². The lowest BCUT2D eigenvalue weighted by atomic mass is 9.98. The molecule has 2 nitrogen and oxygen atoms in total. The van der Waals surface area contributed by atoms with E-state index in [4.69, 9.17) is 0 Å². The van der Waals surface area contributed by atoms with Gasteiger partial charge in [-0.15, -0.1) is 11.3 Å². The molecule has 0 atom stereocenters. The highest BCUT2D eigenvalue weighted by atomic mass is 32.1. The Morgan fingerprint density at radius 3 is 1.56 bits per heavy atom. The predicted molar refractivity (Wildman–Crippen MR) is 262 cm³/mol. The molecule has 12 aromatic rings. The normalized spacial score (nSPS) is 11.6. The van der Waals surface area contributed by atoms with E-state index in [0.717, 1.165) is 22.7 Å². The summed E-state index contributed by atoms with van der Waals surface area (Å²) in [6, 6.07) is 84.2. The number of hydrogen-bond donors (Lipinski definition) is 0. The van der Waals surface area contributed by atoms with Crippen LogP contribution in [0.25, 0.3) is 91.8 Å². The van der Waals surface area contributed by atoms with Gasteiger partial charge in [-0.3, -0.25) is 0 Å². The third-order valence-corrected chi connectivity index (χ3v) is 13.3. The number of para-hydroxylation sites is 3. The van der Waals surface area contributed by atoms with E-state index in [1.807, 2.05) is 11.3 Å². The van der Waals surface area contributed by atoms with Gasteiger partial charge in [0.25, 0.3) is 0 Å². The van der Waals surface area contributed by atoms with Crippen LogP contribution in [-0.2, 0) is 0 Å². The van der Waals surface area contributed by atoms with Gasteiger partial charge in [-0.2, -0.15) is 0 Å². The SMILES string of the molecule is c1ccc(N(c2ccc(-c3ccc(-c4ccc5ccccc5c4)cc3)cc2)c2ccc(-n3c4ccccc4c4ccccc43)cc2)c(-c2ccc3c(c2)sc2ccccc23)c1. The first-order chi connectivity index (χ1) is 30.2. The molecule has 0 saturated carbocycles. The Balaban J connectivity index is 0.953. The van der Waals surface area contributed by atoms with E-state index < -0.39 is 0 Å². The maximum absolute atomic E-state index is 2.41. The fraction of sp³-hybridized carbons (Fsp3) is 0. The molecular weight excluding hydrogens is 757 g/mol. The Morgan fingerprint density at radius 1 is 0.328 bits per heavy atom. The number of rotatable bonds is 7. The lowest BCUT2D eigenvalue weighted by Gasteiger charge is -2.28. The Labute approximate surface area is 358 Å². The van der Waals surface area contributed by atoms with Gasteiger partial charge in [0.05, 0.1) is 16.7 Å². The van der Waals surface area contributed by atoms with Crippen molar-refractivity contribution in [1.29, 1.82) is 0 Å². The average molecular weight is 795 g/mol. The standard InChI is InChI=1S/C58H38N2S/c1-2-12-43-37-44(26-25-39(43)11-1)42-23-21-40(22-24-42)41-27-30-46(31-28-41)59(47-32-34-48(35-33-47)60-55-18-8-4-14-50(55)51-15-5-9-19-56(51)60)54-17-7-3-13-49(54)45-29-36-53-52-16-6-10-20-57(52)61-58(53)38-45/h1-38H. The quantitative estimate of drug-likeness (QED) is 0.156. The summed E-state index contributed by atoms with van der Waals surface area (Å²) in [6.45, 7) is 0. The van der Waals surface area contributed by atoms with Crippen LogP contribution in [0.4, 0.5) is 17.1 Å². The van der Waals surface area contributed by atoms with Crippen molar-refractivity contribution in [1.82, 2.24) is 4.57 Å². The van der Waals surface area contributed by atoms with Crippen LogP contribution in [0.1, 0.15) is 0 Å². The molecule has 0 aliphatic heterocycles. The van der Waals surface area contributed by atoms with Crippen molar-refractivity contribution in [3.8, 4) is 39.1 Å². The second kappa shape index (κ2) is 14.5. The van der Waals surface area contributed by atoms with Crippen molar-refractivity contribution in [3.63, 3.8) is 0 Å². The van der Waals surface area contributed by atoms with Gasteiger partial charge in [0.1, 0.15) is 0 Å². The summed E-state index contributed by atoms with van der Waals surface area (Å²) in [6.07, 6.45) is 0. The highest BCUT2D eigenvalue weighted by Gasteiger charge is 2.19. The molecule has 0 spiro atoms. The number of fused-ring (bicyclic) bond motifs is 7. The highest BCUT2D eigenvalue weighted by Crippen LogP contribution is 2.44. The molecule has 0 aliphatic rings. The van der Waals surface area contributed by atoms with Gasteiger partial charge in [-0.25, -0.2) is 0 Å². The first-order valence-corrected chi connectivity index (χ1v) is 21.6. The molecule has 12 rings (SSSR count). The smallest absolute Gasteiger partial charge is 0.0541 e. The van der Waals surface area contributed by atoms with Crippen LogP contribution in [0.5, 0.6) is 0 Å². The Morgan fingerprint density at radius 2 is 0.836 bits per heavy atom. The van der Waals surface area contributed by atoms with Crippen molar-refractivity contribution >= 4 is 81.1 Å². The number of thiophene rings is 1. The largest absolute Gasteiger partial charge is 0.310 e. The maximum atomic E-state index is 2.41. The van der Waals surface area contributed by atoms with Gasteiger partial charge in [0.15, 0.2) is 0 Å². The number of anilines is 3. The third kappa shape index (κ3) is 6.09. The van der Waals surface area contributed by atoms with Gasteiger partial charge in [0, 0.05) is 53.6 Å². The van der Waals surface area contributed by atoms with Crippen LogP contribution < -0.4 is 4.90 Å². The van der Waals surface area contributed by atoms with Gasteiger partial charge in [-0.1, -0.05) is 158 Å². The van der Waals surface area contributed by atoms with Crippen LogP contribution in [0.3, 0.4) is 0 Å². The van der Waals surface area contributed by atoms with Crippen LogP contribution in [-0.4, -0.2) is 4.57 Å². The van der Waals surface area contributed by atoms with E-state index in [2.05, 4.69) is 240 Å². The molecule has 0 N–H and O–H groups in total. The summed E-state index contributed by atoms with van der Waals surface area (Å²) in [4.78, 5) is 2.41. The van der Waals surface area contributed by atoms with E-state index in [0.29, 0.717) is 0 Å². The number of benzene rings is 10. The molecule has 0 aliphatic carbocycles. The van der Waals surface area contributed by atoms with Gasteiger partial charge in [-0.05, 0) is 111 Å². The minimum atomic E-state index is 1.09. The van der Waals surface area contributed by atoms with Crippen LogP contribution in [0, 0.1) is 0 Å². The second-order valence-electron chi connectivity index (χ2n) is 15.7. The molecule has 0 amide bonds. The Hall–Kier alpha value is -7.72. The summed E-state index contributed by atoms with van der Waals surface area (Å²) >= 11 is 1.86. The van der Waals surface area contributed by atoms with Crippen LogP contribution in [0.2, 0.25) is 0 Å². The minimum Gasteiger partial charge on any atom is -0.310 e. The van der Waals surface area contributed by atoms with E-state index >= 15 is 0 Å². The zero-order valence-corrected chi connectivity index (χ0v) is 34.1. The zero-order chi connectivity index (χ0) is 40.3. The lowest BCUT2D eigenvalue weighted by molar-refractivity contribution is 1.17. The Kier molecular flexibility index (Phi) is 8.39. The average Bonchev–Trinajstić information content (AvgIpc) is 3.88. The van der Waals surface area contributed by atoms with Gasteiger partial charge >= 0.3 is 0 Å². The molecule has 10 aromatic carbocycles. The first kappa shape index (κ1) is 35.2. The monoisotopic (exact) mass is 794 g/mol. The second-order valence-corrected chi connectivity index (χ2v) is 16.8.